The Bertz CT molecular complexity index is 659. The predicted octanol–water partition coefficient (Wildman–Crippen LogP) is 3.89. The summed E-state index contributed by atoms with van der Waals surface area (Å²) in [5.41, 5.74) is -0.252. The molecular weight excluding hydrogens is 310 g/mol. The monoisotopic (exact) mass is 335 g/mol. The lowest BCUT2D eigenvalue weighted by molar-refractivity contribution is 0.131. The maximum Gasteiger partial charge on any atom is 0.261 e. The van der Waals surface area contributed by atoms with Crippen molar-refractivity contribution in [1.82, 2.24) is 0 Å². The summed E-state index contributed by atoms with van der Waals surface area (Å²) >= 11 is 0. The van der Waals surface area contributed by atoms with Crippen molar-refractivity contribution >= 4 is 18.7 Å². The first kappa shape index (κ1) is 18.2. The molecule has 0 N–H and O–H groups in total. The van der Waals surface area contributed by atoms with Crippen LogP contribution in [-0.4, -0.2) is 14.4 Å². The molecule has 0 aromatic heterocycles. The SMILES string of the molecule is C=CC[Si](OC(C#N)C(C)(C)C)(c1ccccc1)c1ccccc1. The normalized spacial score (nSPS) is 13.1. The molecule has 1 atom stereocenters. The van der Waals surface area contributed by atoms with Crippen molar-refractivity contribution in [2.75, 3.05) is 0 Å². The third kappa shape index (κ3) is 3.84. The van der Waals surface area contributed by atoms with E-state index < -0.39 is 14.4 Å². The van der Waals surface area contributed by atoms with Crippen LogP contribution >= 0.6 is 0 Å². The second kappa shape index (κ2) is 7.61. The number of rotatable bonds is 6. The van der Waals surface area contributed by atoms with Gasteiger partial charge in [-0.15, -0.1) is 6.58 Å². The summed E-state index contributed by atoms with van der Waals surface area (Å²) in [5, 5.41) is 12.0. The van der Waals surface area contributed by atoms with Gasteiger partial charge in [0.05, 0.1) is 6.07 Å². The smallest absolute Gasteiger partial charge is 0.261 e. The van der Waals surface area contributed by atoms with Crippen LogP contribution in [0.25, 0.3) is 0 Å². The van der Waals surface area contributed by atoms with Gasteiger partial charge in [-0.2, -0.15) is 5.26 Å². The second-order valence-corrected chi connectivity index (χ2v) is 10.5. The highest BCUT2D eigenvalue weighted by atomic mass is 28.4. The van der Waals surface area contributed by atoms with Crippen LogP contribution in [0.2, 0.25) is 6.04 Å². The Kier molecular flexibility index (Phi) is 5.77. The van der Waals surface area contributed by atoms with Crippen LogP contribution in [-0.2, 0) is 4.43 Å². The summed E-state index contributed by atoms with van der Waals surface area (Å²) in [6, 6.07) is 23.7. The van der Waals surface area contributed by atoms with E-state index in [9.17, 15) is 5.26 Å². The van der Waals surface area contributed by atoms with Gasteiger partial charge in [0, 0.05) is 5.41 Å². The fraction of sp³-hybridized carbons (Fsp3) is 0.286. The molecule has 0 fully saturated rings. The van der Waals surface area contributed by atoms with Gasteiger partial charge in [-0.1, -0.05) is 87.5 Å². The van der Waals surface area contributed by atoms with Gasteiger partial charge in [-0.25, -0.2) is 0 Å². The average Bonchev–Trinajstić information content (AvgIpc) is 2.59. The van der Waals surface area contributed by atoms with E-state index in [0.717, 1.165) is 6.04 Å². The van der Waals surface area contributed by atoms with Crippen LogP contribution in [0.15, 0.2) is 73.3 Å². The lowest BCUT2D eigenvalue weighted by atomic mass is 9.90. The zero-order chi connectivity index (χ0) is 17.6. The Morgan fingerprint density at radius 1 is 1.04 bits per heavy atom. The number of nitrogens with zero attached hydrogens (tertiary/aromatic N) is 1. The molecule has 0 radical (unpaired) electrons. The molecule has 0 bridgehead atoms. The lowest BCUT2D eigenvalue weighted by Crippen LogP contribution is -2.62. The number of allylic oxidation sites excluding steroid dienone is 1. The number of hydrogen-bond donors (Lipinski definition) is 0. The molecule has 0 heterocycles. The number of hydrogen-bond acceptors (Lipinski definition) is 2. The van der Waals surface area contributed by atoms with Crippen molar-refractivity contribution in [3.8, 4) is 6.07 Å². The highest BCUT2D eigenvalue weighted by molar-refractivity contribution is 6.97. The van der Waals surface area contributed by atoms with Crippen molar-refractivity contribution < 1.29 is 4.43 Å². The van der Waals surface area contributed by atoms with E-state index in [1.54, 1.807) is 0 Å². The van der Waals surface area contributed by atoms with Crippen LogP contribution in [0.4, 0.5) is 0 Å². The van der Waals surface area contributed by atoms with E-state index >= 15 is 0 Å². The third-order valence-corrected chi connectivity index (χ3v) is 8.17. The van der Waals surface area contributed by atoms with Crippen molar-refractivity contribution in [3.63, 3.8) is 0 Å². The minimum absolute atomic E-state index is 0.252. The fourth-order valence-electron chi connectivity index (χ4n) is 2.80. The molecule has 0 spiro atoms. The topological polar surface area (TPSA) is 33.0 Å². The van der Waals surface area contributed by atoms with E-state index in [0.29, 0.717) is 0 Å². The zero-order valence-corrected chi connectivity index (χ0v) is 15.7. The molecule has 2 aromatic carbocycles. The standard InChI is InChI=1S/C21H25NOSi/c1-5-16-24(18-12-8-6-9-13-18,19-14-10-7-11-15-19)23-20(17-22)21(2,3)4/h5-15,20H,1,16H2,2-4H3. The molecule has 24 heavy (non-hydrogen) atoms. The van der Waals surface area contributed by atoms with Crippen LogP contribution in [0.1, 0.15) is 20.8 Å². The largest absolute Gasteiger partial charge is 0.391 e. The molecule has 2 nitrogen and oxygen atoms in total. The first-order valence-electron chi connectivity index (χ1n) is 8.23. The van der Waals surface area contributed by atoms with Crippen molar-refractivity contribution in [2.24, 2.45) is 5.41 Å². The van der Waals surface area contributed by atoms with Gasteiger partial charge in [0.25, 0.3) is 8.32 Å². The Balaban J connectivity index is 2.63. The lowest BCUT2D eigenvalue weighted by Gasteiger charge is -2.37. The van der Waals surface area contributed by atoms with Gasteiger partial charge >= 0.3 is 0 Å². The summed E-state index contributed by atoms with van der Waals surface area (Å²) in [7, 11) is -2.58. The van der Waals surface area contributed by atoms with Gasteiger partial charge in [0.15, 0.2) is 0 Å². The maximum atomic E-state index is 9.71. The quantitative estimate of drug-likeness (QED) is 0.593. The average molecular weight is 336 g/mol. The zero-order valence-electron chi connectivity index (χ0n) is 14.7. The minimum Gasteiger partial charge on any atom is -0.391 e. The Labute approximate surface area is 146 Å². The van der Waals surface area contributed by atoms with Gasteiger partial charge in [0.2, 0.25) is 0 Å². The molecular formula is C21H25NOSi. The van der Waals surface area contributed by atoms with Crippen LogP contribution in [0, 0.1) is 16.7 Å². The van der Waals surface area contributed by atoms with Gasteiger partial charge in [-0.3, -0.25) is 0 Å². The highest BCUT2D eigenvalue weighted by Gasteiger charge is 2.43. The highest BCUT2D eigenvalue weighted by Crippen LogP contribution is 2.27. The van der Waals surface area contributed by atoms with Crippen LogP contribution < -0.4 is 10.4 Å². The first-order valence-corrected chi connectivity index (χ1v) is 10.3. The molecule has 1 unspecified atom stereocenters. The number of nitriles is 1. The van der Waals surface area contributed by atoms with Gasteiger partial charge in [0.1, 0.15) is 6.10 Å². The summed E-state index contributed by atoms with van der Waals surface area (Å²) in [6.07, 6.45) is 1.44. The molecule has 2 aromatic rings. The molecule has 124 valence electrons. The van der Waals surface area contributed by atoms with Gasteiger partial charge < -0.3 is 4.43 Å². The molecule has 0 aliphatic heterocycles. The molecule has 0 aliphatic rings. The van der Waals surface area contributed by atoms with E-state index in [-0.39, 0.29) is 5.41 Å². The molecule has 3 heteroatoms. The molecule has 2 rings (SSSR count). The Morgan fingerprint density at radius 2 is 1.50 bits per heavy atom. The van der Waals surface area contributed by atoms with Crippen molar-refractivity contribution in [3.05, 3.63) is 73.3 Å². The minimum atomic E-state index is -2.58. The molecule has 0 saturated heterocycles. The Hall–Kier alpha value is -2.15. The second-order valence-electron chi connectivity index (χ2n) is 7.04. The first-order chi connectivity index (χ1) is 11.4. The van der Waals surface area contributed by atoms with Crippen LogP contribution in [0.3, 0.4) is 0 Å². The summed E-state index contributed by atoms with van der Waals surface area (Å²) < 4.78 is 6.67. The van der Waals surface area contributed by atoms with Gasteiger partial charge in [-0.05, 0) is 16.4 Å². The maximum absolute atomic E-state index is 9.71. The van der Waals surface area contributed by atoms with Crippen molar-refractivity contribution in [2.45, 2.75) is 32.9 Å². The van der Waals surface area contributed by atoms with Crippen LogP contribution in [0.5, 0.6) is 0 Å². The summed E-state index contributed by atoms with van der Waals surface area (Å²) in [6.45, 7) is 10.1. The fourth-order valence-corrected chi connectivity index (χ4v) is 6.65. The molecule has 0 saturated carbocycles. The van der Waals surface area contributed by atoms with E-state index in [4.69, 9.17) is 4.43 Å². The predicted molar refractivity (Wildman–Crippen MR) is 103 cm³/mol. The Morgan fingerprint density at radius 3 is 1.83 bits per heavy atom. The number of benzene rings is 2. The summed E-state index contributed by atoms with van der Waals surface area (Å²) in [5.74, 6) is 0. The van der Waals surface area contributed by atoms with Crippen molar-refractivity contribution in [1.29, 1.82) is 5.26 Å². The molecule has 0 aliphatic carbocycles. The van der Waals surface area contributed by atoms with E-state index in [1.807, 2.05) is 63.2 Å². The third-order valence-electron chi connectivity index (χ3n) is 4.13. The molecule has 0 amide bonds. The summed E-state index contributed by atoms with van der Waals surface area (Å²) in [4.78, 5) is 0. The van der Waals surface area contributed by atoms with E-state index in [1.165, 1.54) is 10.4 Å². The van der Waals surface area contributed by atoms with E-state index in [2.05, 4.69) is 36.9 Å².